The van der Waals surface area contributed by atoms with Crippen LogP contribution >= 0.6 is 0 Å². The van der Waals surface area contributed by atoms with Gasteiger partial charge in [-0.1, -0.05) is 0 Å². The van der Waals surface area contributed by atoms with E-state index in [9.17, 15) is 14.3 Å². The maximum atomic E-state index is 12.2. The van der Waals surface area contributed by atoms with Crippen LogP contribution in [0.4, 0.5) is 16.2 Å². The summed E-state index contributed by atoms with van der Waals surface area (Å²) in [6.07, 6.45) is 7.00. The van der Waals surface area contributed by atoms with Crippen LogP contribution in [0.15, 0.2) is 6.20 Å². The molecule has 2 atom stereocenters. The second kappa shape index (κ2) is 9.27. The molecule has 8 nitrogen and oxygen atoms in total. The van der Waals surface area contributed by atoms with E-state index in [4.69, 9.17) is 10.5 Å². The van der Waals surface area contributed by atoms with E-state index in [1.54, 1.807) is 0 Å². The molecule has 0 spiro atoms. The second-order valence-corrected chi connectivity index (χ2v) is 7.25. The number of nitrogens with two attached hydrogens (primary N) is 1. The first kappa shape index (κ1) is 19.8. The third-order valence-electron chi connectivity index (χ3n) is 5.29. The molecule has 2 fully saturated rings. The number of anilines is 2. The lowest BCUT2D eigenvalue weighted by molar-refractivity contribution is 0.0195. The number of nitrogens with one attached hydrogen (secondary N) is 2. The van der Waals surface area contributed by atoms with Gasteiger partial charge in [0.05, 0.1) is 30.4 Å². The minimum absolute atomic E-state index is 0.109. The molecule has 1 amide bonds. The molecule has 0 aromatic carbocycles. The predicted octanol–water partition coefficient (Wildman–Crippen LogP) is 1.61. The lowest BCUT2D eigenvalue weighted by Gasteiger charge is -2.29. The Hall–Kier alpha value is -2.00. The highest BCUT2D eigenvalue weighted by molar-refractivity contribution is 5.97. The molecular weight excluding hydrogens is 353 g/mol. The Morgan fingerprint density at radius 2 is 2.04 bits per heavy atom. The van der Waals surface area contributed by atoms with E-state index in [1.807, 2.05) is 0 Å². The van der Waals surface area contributed by atoms with Crippen LogP contribution in [-0.2, 0) is 4.74 Å². The standard InChI is InChI=1S/C18H28FN5O3/c19-8-9-27-12-6-4-11(5-7-12)22-18-21-10-13(16(20)26)17(24-18)23-14-2-1-3-15(14)25/h10-12,14-15,25H,1-9H2,(H2,20,26)(H2,21,22,23,24)/t11?,12?,14?,15-/m0/s1. The van der Waals surface area contributed by atoms with Crippen molar-refractivity contribution in [1.29, 1.82) is 0 Å². The molecule has 0 saturated heterocycles. The molecule has 1 unspecified atom stereocenters. The molecule has 2 aliphatic rings. The molecule has 0 radical (unpaired) electrons. The zero-order valence-electron chi connectivity index (χ0n) is 15.4. The zero-order valence-corrected chi connectivity index (χ0v) is 15.4. The fraction of sp³-hybridized carbons (Fsp3) is 0.722. The van der Waals surface area contributed by atoms with Gasteiger partial charge in [-0.15, -0.1) is 0 Å². The SMILES string of the molecule is NC(=O)c1cnc(NC2CCC(OCCF)CC2)nc1NC1CCC[C@@H]1O. The number of aliphatic hydroxyl groups excluding tert-OH is 1. The summed E-state index contributed by atoms with van der Waals surface area (Å²) >= 11 is 0. The molecule has 1 aromatic heterocycles. The highest BCUT2D eigenvalue weighted by atomic mass is 19.1. The van der Waals surface area contributed by atoms with Crippen LogP contribution in [-0.4, -0.2) is 58.6 Å². The van der Waals surface area contributed by atoms with Crippen molar-refractivity contribution in [3.63, 3.8) is 0 Å². The van der Waals surface area contributed by atoms with Crippen LogP contribution in [0.3, 0.4) is 0 Å². The Bertz CT molecular complexity index is 639. The normalized spacial score (nSPS) is 28.1. The van der Waals surface area contributed by atoms with Crippen molar-refractivity contribution in [2.75, 3.05) is 23.9 Å². The minimum Gasteiger partial charge on any atom is -0.391 e. The van der Waals surface area contributed by atoms with E-state index in [0.29, 0.717) is 11.8 Å². The van der Waals surface area contributed by atoms with Crippen LogP contribution in [0.25, 0.3) is 0 Å². The number of carbonyl (C=O) groups excluding carboxylic acids is 1. The number of nitrogens with zero attached hydrogens (tertiary/aromatic N) is 2. The average Bonchev–Trinajstić information content (AvgIpc) is 3.06. The van der Waals surface area contributed by atoms with Crippen molar-refractivity contribution < 1.29 is 19.0 Å². The molecule has 5 N–H and O–H groups in total. The number of halogens is 1. The number of aliphatic hydroxyl groups is 1. The van der Waals surface area contributed by atoms with Crippen LogP contribution in [0.1, 0.15) is 55.3 Å². The maximum absolute atomic E-state index is 12.2. The van der Waals surface area contributed by atoms with Gasteiger partial charge in [0, 0.05) is 12.2 Å². The number of carbonyl (C=O) groups is 1. The number of hydrogen-bond donors (Lipinski definition) is 4. The number of hydrogen-bond acceptors (Lipinski definition) is 7. The van der Waals surface area contributed by atoms with Gasteiger partial charge in [-0.25, -0.2) is 9.37 Å². The fourth-order valence-electron chi connectivity index (χ4n) is 3.79. The summed E-state index contributed by atoms with van der Waals surface area (Å²) in [7, 11) is 0. The van der Waals surface area contributed by atoms with Gasteiger partial charge in [0.15, 0.2) is 0 Å². The van der Waals surface area contributed by atoms with Crippen LogP contribution < -0.4 is 16.4 Å². The number of ether oxygens (including phenoxy) is 1. The number of amides is 1. The van der Waals surface area contributed by atoms with E-state index < -0.39 is 18.7 Å². The molecule has 27 heavy (non-hydrogen) atoms. The van der Waals surface area contributed by atoms with Gasteiger partial charge < -0.3 is 26.2 Å². The summed E-state index contributed by atoms with van der Waals surface area (Å²) in [5.74, 6) is 0.163. The summed E-state index contributed by atoms with van der Waals surface area (Å²) in [6, 6.07) is 0.0496. The van der Waals surface area contributed by atoms with E-state index in [2.05, 4.69) is 20.6 Å². The zero-order chi connectivity index (χ0) is 19.2. The Morgan fingerprint density at radius 3 is 2.67 bits per heavy atom. The number of aromatic nitrogens is 2. The Labute approximate surface area is 158 Å². The Balaban J connectivity index is 1.62. The monoisotopic (exact) mass is 381 g/mol. The molecule has 1 heterocycles. The van der Waals surface area contributed by atoms with Gasteiger partial charge in [0.1, 0.15) is 12.5 Å². The van der Waals surface area contributed by atoms with Crippen molar-refractivity contribution >= 4 is 17.7 Å². The third kappa shape index (κ3) is 5.26. The molecule has 2 saturated carbocycles. The van der Waals surface area contributed by atoms with Gasteiger partial charge in [0.2, 0.25) is 5.95 Å². The van der Waals surface area contributed by atoms with Gasteiger partial charge in [-0.05, 0) is 44.9 Å². The van der Waals surface area contributed by atoms with Crippen molar-refractivity contribution in [1.82, 2.24) is 9.97 Å². The summed E-state index contributed by atoms with van der Waals surface area (Å²) in [5.41, 5.74) is 5.64. The highest BCUT2D eigenvalue weighted by Gasteiger charge is 2.27. The molecule has 150 valence electrons. The van der Waals surface area contributed by atoms with E-state index in [1.165, 1.54) is 6.20 Å². The number of alkyl halides is 1. The summed E-state index contributed by atoms with van der Waals surface area (Å²) < 4.78 is 17.7. The molecule has 9 heteroatoms. The maximum Gasteiger partial charge on any atom is 0.254 e. The summed E-state index contributed by atoms with van der Waals surface area (Å²) in [5, 5.41) is 16.5. The lowest BCUT2D eigenvalue weighted by Crippen LogP contribution is -2.32. The van der Waals surface area contributed by atoms with E-state index in [0.717, 1.165) is 44.9 Å². The Morgan fingerprint density at radius 1 is 1.26 bits per heavy atom. The van der Waals surface area contributed by atoms with Crippen LogP contribution in [0, 0.1) is 0 Å². The number of rotatable bonds is 8. The molecule has 3 rings (SSSR count). The minimum atomic E-state index is -0.609. The molecule has 0 bridgehead atoms. The largest absolute Gasteiger partial charge is 0.391 e. The molecular formula is C18H28FN5O3. The van der Waals surface area contributed by atoms with Gasteiger partial charge in [0.25, 0.3) is 5.91 Å². The van der Waals surface area contributed by atoms with Crippen molar-refractivity contribution in [2.24, 2.45) is 5.73 Å². The quantitative estimate of drug-likeness (QED) is 0.539. The van der Waals surface area contributed by atoms with E-state index >= 15 is 0 Å². The van der Waals surface area contributed by atoms with Crippen molar-refractivity contribution in [3.05, 3.63) is 11.8 Å². The third-order valence-corrected chi connectivity index (χ3v) is 5.29. The van der Waals surface area contributed by atoms with Crippen LogP contribution in [0.5, 0.6) is 0 Å². The summed E-state index contributed by atoms with van der Waals surface area (Å²) in [6.45, 7) is -0.299. The average molecular weight is 381 g/mol. The van der Waals surface area contributed by atoms with Gasteiger partial charge in [-0.3, -0.25) is 4.79 Å². The fourth-order valence-corrected chi connectivity index (χ4v) is 3.79. The first-order chi connectivity index (χ1) is 13.1. The topological polar surface area (TPSA) is 122 Å². The Kier molecular flexibility index (Phi) is 6.78. The lowest BCUT2D eigenvalue weighted by atomic mass is 9.93. The van der Waals surface area contributed by atoms with E-state index in [-0.39, 0.29) is 30.4 Å². The second-order valence-electron chi connectivity index (χ2n) is 7.25. The van der Waals surface area contributed by atoms with Crippen LogP contribution in [0.2, 0.25) is 0 Å². The summed E-state index contributed by atoms with van der Waals surface area (Å²) in [4.78, 5) is 20.3. The smallest absolute Gasteiger partial charge is 0.254 e. The first-order valence-corrected chi connectivity index (χ1v) is 9.62. The first-order valence-electron chi connectivity index (χ1n) is 9.62. The predicted molar refractivity (Wildman–Crippen MR) is 99.4 cm³/mol. The molecule has 0 aliphatic heterocycles. The van der Waals surface area contributed by atoms with Crippen molar-refractivity contribution in [3.8, 4) is 0 Å². The molecule has 2 aliphatic carbocycles. The van der Waals surface area contributed by atoms with Gasteiger partial charge in [-0.2, -0.15) is 4.98 Å². The van der Waals surface area contributed by atoms with Gasteiger partial charge >= 0.3 is 0 Å². The highest BCUT2D eigenvalue weighted by Crippen LogP contribution is 2.26. The van der Waals surface area contributed by atoms with Crippen molar-refractivity contribution in [2.45, 2.75) is 69.2 Å². The molecule has 1 aromatic rings. The number of primary amides is 1.